The van der Waals surface area contributed by atoms with Crippen LogP contribution in [0, 0.1) is 0 Å². The Morgan fingerprint density at radius 3 is 2.50 bits per heavy atom. The Kier molecular flexibility index (Phi) is 9.97. The number of rotatable bonds is 12. The van der Waals surface area contributed by atoms with Gasteiger partial charge in [0.1, 0.15) is 12.4 Å². The van der Waals surface area contributed by atoms with E-state index >= 15 is 0 Å². The number of nitrogens with one attached hydrogen (secondary N) is 3. The maximum absolute atomic E-state index is 12.3. The monoisotopic (exact) mass is 433 g/mol. The average Bonchev–Trinajstić information content (AvgIpc) is 2.72. The van der Waals surface area contributed by atoms with Crippen molar-refractivity contribution < 1.29 is 19.1 Å². The third-order valence-electron chi connectivity index (χ3n) is 3.98. The van der Waals surface area contributed by atoms with E-state index in [0.29, 0.717) is 54.1 Å². The van der Waals surface area contributed by atoms with E-state index in [9.17, 15) is 9.59 Å². The van der Waals surface area contributed by atoms with Crippen LogP contribution in [0.4, 0.5) is 17.1 Å². The van der Waals surface area contributed by atoms with E-state index in [2.05, 4.69) is 16.0 Å². The Labute approximate surface area is 182 Å². The highest BCUT2D eigenvalue weighted by atomic mass is 35.5. The average molecular weight is 434 g/mol. The van der Waals surface area contributed by atoms with Gasteiger partial charge in [0.2, 0.25) is 11.8 Å². The fourth-order valence-corrected chi connectivity index (χ4v) is 2.78. The van der Waals surface area contributed by atoms with Crippen LogP contribution in [0.25, 0.3) is 0 Å². The Morgan fingerprint density at radius 1 is 0.967 bits per heavy atom. The SMILES string of the molecule is CCCC(=O)Nc1ccc(Cl)c(NCC(=O)Nc2cccc(OCCOCC)c2)c1. The molecule has 0 saturated heterocycles. The molecule has 162 valence electrons. The van der Waals surface area contributed by atoms with Crippen LogP contribution in [-0.2, 0) is 14.3 Å². The van der Waals surface area contributed by atoms with Gasteiger partial charge in [0.15, 0.2) is 0 Å². The van der Waals surface area contributed by atoms with Crippen molar-refractivity contribution in [2.75, 3.05) is 42.3 Å². The van der Waals surface area contributed by atoms with Crippen molar-refractivity contribution >= 4 is 40.5 Å². The predicted molar refractivity (Wildman–Crippen MR) is 121 cm³/mol. The third kappa shape index (κ3) is 8.31. The Bertz CT molecular complexity index is 845. The maximum Gasteiger partial charge on any atom is 0.243 e. The minimum Gasteiger partial charge on any atom is -0.491 e. The second kappa shape index (κ2) is 12.7. The lowest BCUT2D eigenvalue weighted by Gasteiger charge is -2.12. The first-order valence-corrected chi connectivity index (χ1v) is 10.3. The van der Waals surface area contributed by atoms with E-state index in [1.165, 1.54) is 0 Å². The zero-order valence-corrected chi connectivity index (χ0v) is 18.1. The summed E-state index contributed by atoms with van der Waals surface area (Å²) in [5.74, 6) is 0.351. The molecule has 0 aliphatic carbocycles. The molecule has 2 rings (SSSR count). The van der Waals surface area contributed by atoms with Crippen molar-refractivity contribution in [1.29, 1.82) is 0 Å². The molecule has 7 nitrogen and oxygen atoms in total. The zero-order valence-electron chi connectivity index (χ0n) is 17.3. The summed E-state index contributed by atoms with van der Waals surface area (Å²) < 4.78 is 10.8. The molecule has 0 spiro atoms. The first kappa shape index (κ1) is 23.5. The summed E-state index contributed by atoms with van der Waals surface area (Å²) in [6.07, 6.45) is 1.21. The van der Waals surface area contributed by atoms with Gasteiger partial charge >= 0.3 is 0 Å². The van der Waals surface area contributed by atoms with Crippen molar-refractivity contribution in [1.82, 2.24) is 0 Å². The Morgan fingerprint density at radius 2 is 1.73 bits per heavy atom. The fourth-order valence-electron chi connectivity index (χ4n) is 2.60. The number of amides is 2. The highest BCUT2D eigenvalue weighted by molar-refractivity contribution is 6.33. The van der Waals surface area contributed by atoms with E-state index in [0.717, 1.165) is 6.42 Å². The molecule has 2 amide bonds. The third-order valence-corrected chi connectivity index (χ3v) is 4.31. The zero-order chi connectivity index (χ0) is 21.8. The van der Waals surface area contributed by atoms with Gasteiger partial charge in [-0.15, -0.1) is 0 Å². The van der Waals surface area contributed by atoms with Crippen molar-refractivity contribution in [2.45, 2.75) is 26.7 Å². The molecule has 0 aliphatic heterocycles. The molecule has 0 unspecified atom stereocenters. The van der Waals surface area contributed by atoms with E-state index in [1.807, 2.05) is 19.9 Å². The van der Waals surface area contributed by atoms with Crippen molar-refractivity contribution in [3.05, 3.63) is 47.5 Å². The van der Waals surface area contributed by atoms with Crippen LogP contribution in [0.3, 0.4) is 0 Å². The quantitative estimate of drug-likeness (QED) is 0.427. The minimum atomic E-state index is -0.238. The molecule has 2 aromatic carbocycles. The van der Waals surface area contributed by atoms with Crippen LogP contribution >= 0.6 is 11.6 Å². The molecule has 30 heavy (non-hydrogen) atoms. The summed E-state index contributed by atoms with van der Waals surface area (Å²) in [5, 5.41) is 9.08. The van der Waals surface area contributed by atoms with Gasteiger partial charge in [-0.2, -0.15) is 0 Å². The molecule has 3 N–H and O–H groups in total. The van der Waals surface area contributed by atoms with Crippen molar-refractivity contribution in [2.24, 2.45) is 0 Å². The van der Waals surface area contributed by atoms with Crippen LogP contribution in [-0.4, -0.2) is 38.2 Å². The van der Waals surface area contributed by atoms with Gasteiger partial charge in [-0.1, -0.05) is 24.6 Å². The number of anilines is 3. The molecule has 0 aliphatic rings. The highest BCUT2D eigenvalue weighted by Gasteiger charge is 2.08. The van der Waals surface area contributed by atoms with Crippen LogP contribution in [0.5, 0.6) is 5.75 Å². The Balaban J connectivity index is 1.88. The number of halogens is 1. The van der Waals surface area contributed by atoms with Gasteiger partial charge in [-0.3, -0.25) is 9.59 Å². The van der Waals surface area contributed by atoms with Gasteiger partial charge in [0.25, 0.3) is 0 Å². The van der Waals surface area contributed by atoms with Gasteiger partial charge in [-0.05, 0) is 43.7 Å². The molecule has 0 fully saturated rings. The van der Waals surface area contributed by atoms with Crippen LogP contribution in [0.2, 0.25) is 5.02 Å². The summed E-state index contributed by atoms with van der Waals surface area (Å²) in [4.78, 5) is 24.1. The van der Waals surface area contributed by atoms with Crippen LogP contribution < -0.4 is 20.7 Å². The van der Waals surface area contributed by atoms with Crippen LogP contribution in [0.1, 0.15) is 26.7 Å². The number of carbonyl (C=O) groups is 2. The molecule has 0 saturated carbocycles. The van der Waals surface area contributed by atoms with Crippen molar-refractivity contribution in [3.63, 3.8) is 0 Å². The molecular weight excluding hydrogens is 406 g/mol. The summed E-state index contributed by atoms with van der Waals surface area (Å²) in [6, 6.07) is 12.3. The highest BCUT2D eigenvalue weighted by Crippen LogP contribution is 2.25. The molecule has 0 heterocycles. The number of ether oxygens (including phenoxy) is 2. The first-order chi connectivity index (χ1) is 14.5. The largest absolute Gasteiger partial charge is 0.491 e. The van der Waals surface area contributed by atoms with E-state index in [-0.39, 0.29) is 18.4 Å². The van der Waals surface area contributed by atoms with Crippen molar-refractivity contribution in [3.8, 4) is 5.75 Å². The Hall–Kier alpha value is -2.77. The first-order valence-electron chi connectivity index (χ1n) is 9.95. The number of hydrogen-bond donors (Lipinski definition) is 3. The number of benzene rings is 2. The predicted octanol–water partition coefficient (Wildman–Crippen LogP) is 4.54. The van der Waals surface area contributed by atoms with E-state index in [4.69, 9.17) is 21.1 Å². The molecule has 0 radical (unpaired) electrons. The molecule has 0 aromatic heterocycles. The summed E-state index contributed by atoms with van der Waals surface area (Å²) in [5.41, 5.74) is 1.81. The number of carbonyl (C=O) groups excluding carboxylic acids is 2. The fraction of sp³-hybridized carbons (Fsp3) is 0.364. The lowest BCUT2D eigenvalue weighted by atomic mass is 10.2. The van der Waals surface area contributed by atoms with Gasteiger partial charge in [0.05, 0.1) is 23.9 Å². The topological polar surface area (TPSA) is 88.7 Å². The number of hydrogen-bond acceptors (Lipinski definition) is 5. The smallest absolute Gasteiger partial charge is 0.243 e. The standard InChI is InChI=1S/C22H28ClN3O4/c1-3-6-21(27)25-17-9-10-19(23)20(14-17)24-15-22(28)26-16-7-5-8-18(13-16)30-12-11-29-4-2/h5,7-10,13-14,24H,3-4,6,11-12,15H2,1-2H3,(H,25,27)(H,26,28). The minimum absolute atomic E-state index is 0.0154. The molecule has 2 aromatic rings. The van der Waals surface area contributed by atoms with E-state index < -0.39 is 0 Å². The normalized spacial score (nSPS) is 10.4. The summed E-state index contributed by atoms with van der Waals surface area (Å²) in [6.45, 7) is 5.48. The second-order valence-corrected chi connectivity index (χ2v) is 6.87. The van der Waals surface area contributed by atoms with Gasteiger partial charge < -0.3 is 25.4 Å². The lowest BCUT2D eigenvalue weighted by molar-refractivity contribution is -0.116. The molecule has 0 atom stereocenters. The summed E-state index contributed by atoms with van der Waals surface area (Å²) >= 11 is 6.20. The van der Waals surface area contributed by atoms with Gasteiger partial charge in [0, 0.05) is 30.5 Å². The van der Waals surface area contributed by atoms with Gasteiger partial charge in [-0.25, -0.2) is 0 Å². The summed E-state index contributed by atoms with van der Waals surface area (Å²) in [7, 11) is 0. The maximum atomic E-state index is 12.3. The molecule has 0 bridgehead atoms. The second-order valence-electron chi connectivity index (χ2n) is 6.47. The van der Waals surface area contributed by atoms with Crippen LogP contribution in [0.15, 0.2) is 42.5 Å². The molecule has 8 heteroatoms. The lowest BCUT2D eigenvalue weighted by Crippen LogP contribution is -2.22. The molecular formula is C22H28ClN3O4. The van der Waals surface area contributed by atoms with E-state index in [1.54, 1.807) is 36.4 Å².